The predicted molar refractivity (Wildman–Crippen MR) is 85.4 cm³/mol. The van der Waals surface area contributed by atoms with Crippen molar-refractivity contribution in [2.75, 3.05) is 5.32 Å². The lowest BCUT2D eigenvalue weighted by Crippen LogP contribution is -2.38. The maximum atomic E-state index is 12.7. The fraction of sp³-hybridized carbons (Fsp3) is 0.375. The molecule has 0 radical (unpaired) electrons. The third-order valence-corrected chi connectivity index (χ3v) is 2.95. The summed E-state index contributed by atoms with van der Waals surface area (Å²) in [6, 6.07) is 2.26. The molecule has 7 heteroatoms. The summed E-state index contributed by atoms with van der Waals surface area (Å²) in [5.41, 5.74) is 0.680. The van der Waals surface area contributed by atoms with E-state index in [1.165, 1.54) is 6.07 Å². The molecular formula is C16H20F3N3O. The number of hydrogen-bond acceptors (Lipinski definition) is 2. The lowest BCUT2D eigenvalue weighted by molar-refractivity contribution is -0.137. The van der Waals surface area contributed by atoms with Gasteiger partial charge in [0.15, 0.2) is 0 Å². The Morgan fingerprint density at radius 2 is 1.96 bits per heavy atom. The fourth-order valence-corrected chi connectivity index (χ4v) is 2.03. The van der Waals surface area contributed by atoms with E-state index in [-0.39, 0.29) is 0 Å². The number of hydrazone groups is 1. The highest BCUT2D eigenvalue weighted by Crippen LogP contribution is 2.38. The molecule has 4 nitrogen and oxygen atoms in total. The molecule has 23 heavy (non-hydrogen) atoms. The molecule has 1 N–H and O–H groups in total. The number of rotatable bonds is 1. The molecule has 0 saturated carbocycles. The Hall–Kier alpha value is -2.31. The zero-order valence-electron chi connectivity index (χ0n) is 13.5. The molecule has 1 aliphatic rings. The monoisotopic (exact) mass is 327 g/mol. The molecule has 1 aromatic rings. The van der Waals surface area contributed by atoms with Gasteiger partial charge in [-0.25, -0.2) is 9.80 Å². The van der Waals surface area contributed by atoms with Crippen molar-refractivity contribution >= 4 is 17.4 Å². The van der Waals surface area contributed by atoms with Gasteiger partial charge in [0.1, 0.15) is 0 Å². The molecule has 0 aliphatic carbocycles. The third-order valence-electron chi connectivity index (χ3n) is 2.95. The maximum Gasteiger partial charge on any atom is 0.416 e. The maximum absolute atomic E-state index is 12.7. The number of alkyl halides is 3. The van der Waals surface area contributed by atoms with E-state index in [1.807, 2.05) is 6.92 Å². The summed E-state index contributed by atoms with van der Waals surface area (Å²) in [5, 5.41) is 7.73. The molecule has 1 aliphatic heterocycles. The molecule has 126 valence electrons. The van der Waals surface area contributed by atoms with Crippen LogP contribution in [-0.4, -0.2) is 16.8 Å². The average Bonchev–Trinajstić information content (AvgIpc) is 2.42. The molecule has 2 amide bonds. The van der Waals surface area contributed by atoms with Crippen LogP contribution >= 0.6 is 0 Å². The summed E-state index contributed by atoms with van der Waals surface area (Å²) >= 11 is 0. The van der Waals surface area contributed by atoms with Crippen LogP contribution in [0.3, 0.4) is 0 Å². The molecular weight excluding hydrogens is 307 g/mol. The first-order valence-electron chi connectivity index (χ1n) is 7.02. The zero-order valence-corrected chi connectivity index (χ0v) is 13.5. The van der Waals surface area contributed by atoms with Gasteiger partial charge in [0, 0.05) is 17.0 Å². The number of urea groups is 1. The quantitative estimate of drug-likeness (QED) is 0.559. The second kappa shape index (κ2) is 7.30. The van der Waals surface area contributed by atoms with Crippen LogP contribution in [0.25, 0.3) is 0 Å². The van der Waals surface area contributed by atoms with E-state index in [1.54, 1.807) is 26.8 Å². The topological polar surface area (TPSA) is 44.7 Å². The van der Waals surface area contributed by atoms with Gasteiger partial charge in [-0.05, 0) is 45.9 Å². The van der Waals surface area contributed by atoms with Gasteiger partial charge in [-0.3, -0.25) is 0 Å². The summed E-state index contributed by atoms with van der Waals surface area (Å²) < 4.78 is 38.2. The van der Waals surface area contributed by atoms with Gasteiger partial charge in [0.25, 0.3) is 0 Å². The van der Waals surface area contributed by atoms with Crippen LogP contribution in [0.2, 0.25) is 0 Å². The molecule has 0 spiro atoms. The van der Waals surface area contributed by atoms with E-state index in [0.717, 1.165) is 17.1 Å². The van der Waals surface area contributed by atoms with Gasteiger partial charge < -0.3 is 5.32 Å². The Balaban J connectivity index is 0.000000816. The lowest BCUT2D eigenvalue weighted by Gasteiger charge is -2.32. The Morgan fingerprint density at radius 3 is 2.43 bits per heavy atom. The highest BCUT2D eigenvalue weighted by molar-refractivity contribution is 5.94. The number of fused-ring (bicyclic) bond motifs is 1. The van der Waals surface area contributed by atoms with Crippen molar-refractivity contribution in [1.82, 2.24) is 5.01 Å². The van der Waals surface area contributed by atoms with Crippen LogP contribution in [0.5, 0.6) is 0 Å². The summed E-state index contributed by atoms with van der Waals surface area (Å²) in [7, 11) is 0. The SMILES string of the molecule is C=CC.CC(C)=NN1C(=O)Nc2ccc(C(F)(F)F)cc2C1C. The number of nitrogens with one attached hydrogen (secondary N) is 1. The zero-order chi connectivity index (χ0) is 17.8. The van der Waals surface area contributed by atoms with Gasteiger partial charge in [-0.1, -0.05) is 6.08 Å². The van der Waals surface area contributed by atoms with Gasteiger partial charge in [0.2, 0.25) is 0 Å². The molecule has 0 bridgehead atoms. The van der Waals surface area contributed by atoms with Crippen molar-refractivity contribution in [3.05, 3.63) is 42.0 Å². The number of nitrogens with zero attached hydrogens (tertiary/aromatic N) is 2. The molecule has 1 atom stereocenters. The van der Waals surface area contributed by atoms with Crippen LogP contribution in [0, 0.1) is 0 Å². The first-order chi connectivity index (χ1) is 10.6. The second-order valence-corrected chi connectivity index (χ2v) is 5.21. The van der Waals surface area contributed by atoms with Crippen LogP contribution in [0.1, 0.15) is 44.9 Å². The largest absolute Gasteiger partial charge is 0.416 e. The molecule has 1 heterocycles. The van der Waals surface area contributed by atoms with Crippen LogP contribution in [-0.2, 0) is 6.18 Å². The minimum atomic E-state index is -4.41. The average molecular weight is 327 g/mol. The minimum Gasteiger partial charge on any atom is -0.306 e. The van der Waals surface area contributed by atoms with Crippen LogP contribution in [0.4, 0.5) is 23.7 Å². The van der Waals surface area contributed by atoms with E-state index in [9.17, 15) is 18.0 Å². The van der Waals surface area contributed by atoms with E-state index in [2.05, 4.69) is 17.0 Å². The van der Waals surface area contributed by atoms with Gasteiger partial charge >= 0.3 is 12.2 Å². The number of allylic oxidation sites excluding steroid dienone is 1. The van der Waals surface area contributed by atoms with Gasteiger partial charge in [-0.2, -0.15) is 18.3 Å². The number of carbonyl (C=O) groups is 1. The van der Waals surface area contributed by atoms with Crippen molar-refractivity contribution in [2.45, 2.75) is 39.9 Å². The lowest BCUT2D eigenvalue weighted by atomic mass is 10.0. The molecule has 2 rings (SSSR count). The van der Waals surface area contributed by atoms with Crippen molar-refractivity contribution in [3.8, 4) is 0 Å². The van der Waals surface area contributed by atoms with Crippen molar-refractivity contribution in [2.24, 2.45) is 5.10 Å². The normalized spacial score (nSPS) is 16.6. The van der Waals surface area contributed by atoms with E-state index >= 15 is 0 Å². The van der Waals surface area contributed by atoms with E-state index in [0.29, 0.717) is 17.0 Å². The fourth-order valence-electron chi connectivity index (χ4n) is 2.03. The molecule has 0 fully saturated rings. The number of amides is 2. The number of anilines is 1. The number of benzene rings is 1. The summed E-state index contributed by atoms with van der Waals surface area (Å²) in [6.07, 6.45) is -2.66. The van der Waals surface area contributed by atoms with E-state index in [4.69, 9.17) is 0 Å². The molecule has 1 aromatic carbocycles. The second-order valence-electron chi connectivity index (χ2n) is 5.21. The Morgan fingerprint density at radius 1 is 1.39 bits per heavy atom. The highest BCUT2D eigenvalue weighted by atomic mass is 19.4. The smallest absolute Gasteiger partial charge is 0.306 e. The van der Waals surface area contributed by atoms with Crippen molar-refractivity contribution in [3.63, 3.8) is 0 Å². The molecule has 0 saturated heterocycles. The number of halogens is 3. The Kier molecular flexibility index (Phi) is 5.95. The number of hydrogen-bond donors (Lipinski definition) is 1. The standard InChI is InChI=1S/C13H14F3N3O.C3H6/c1-7(2)18-19-8(3)10-6-9(13(14,15)16)4-5-11(10)17-12(19)20;1-3-2/h4-6,8H,1-3H3,(H,17,20);3H,1H2,2H3. The summed E-state index contributed by atoms with van der Waals surface area (Å²) in [4.78, 5) is 11.9. The van der Waals surface area contributed by atoms with Crippen LogP contribution < -0.4 is 5.32 Å². The van der Waals surface area contributed by atoms with Gasteiger partial charge in [-0.15, -0.1) is 6.58 Å². The predicted octanol–water partition coefficient (Wildman–Crippen LogP) is 5.20. The summed E-state index contributed by atoms with van der Waals surface area (Å²) in [5.74, 6) is 0. The first kappa shape index (κ1) is 18.7. The minimum absolute atomic E-state index is 0.385. The molecule has 1 unspecified atom stereocenters. The van der Waals surface area contributed by atoms with Crippen LogP contribution in [0.15, 0.2) is 36.0 Å². The third kappa shape index (κ3) is 4.58. The Bertz CT molecular complexity index is 619. The highest BCUT2D eigenvalue weighted by Gasteiger charge is 2.35. The van der Waals surface area contributed by atoms with Gasteiger partial charge in [0.05, 0.1) is 11.6 Å². The summed E-state index contributed by atoms with van der Waals surface area (Å²) in [6.45, 7) is 10.3. The molecule has 0 aromatic heterocycles. The first-order valence-corrected chi connectivity index (χ1v) is 7.02. The number of carbonyl (C=O) groups excluding carboxylic acids is 1. The van der Waals surface area contributed by atoms with Crippen molar-refractivity contribution in [1.29, 1.82) is 0 Å². The van der Waals surface area contributed by atoms with E-state index < -0.39 is 23.8 Å². The van der Waals surface area contributed by atoms with Crippen molar-refractivity contribution < 1.29 is 18.0 Å². The Labute approximate surface area is 133 Å².